The van der Waals surface area contributed by atoms with E-state index < -0.39 is 11.6 Å². The van der Waals surface area contributed by atoms with E-state index in [1.165, 1.54) is 51.4 Å². The minimum atomic E-state index is -0.909. The summed E-state index contributed by atoms with van der Waals surface area (Å²) >= 11 is 0. The third kappa shape index (κ3) is 13.5. The van der Waals surface area contributed by atoms with Crippen molar-refractivity contribution in [1.29, 1.82) is 0 Å². The van der Waals surface area contributed by atoms with E-state index in [0.29, 0.717) is 62.5 Å². The summed E-state index contributed by atoms with van der Waals surface area (Å²) in [5.74, 6) is 2.04. The molecule has 3 rings (SSSR count). The molecule has 8 heteroatoms. The zero-order chi connectivity index (χ0) is 30.4. The molecular weight excluding hydrogens is 548 g/mol. The van der Waals surface area contributed by atoms with Gasteiger partial charge in [0.15, 0.2) is 23.0 Å². The Morgan fingerprint density at radius 1 is 0.651 bits per heavy atom. The summed E-state index contributed by atoms with van der Waals surface area (Å²) < 4.78 is 41.9. The van der Waals surface area contributed by atoms with Crippen molar-refractivity contribution in [2.75, 3.05) is 52.9 Å². The zero-order valence-electron chi connectivity index (χ0n) is 26.3. The quantitative estimate of drug-likeness (QED) is 0.153. The van der Waals surface area contributed by atoms with Gasteiger partial charge in [-0.3, -0.25) is 0 Å². The number of esters is 1. The predicted octanol–water partition coefficient (Wildman–Crippen LogP) is 7.56. The molecule has 0 saturated heterocycles. The molecule has 2 aromatic carbocycles. The number of rotatable bonds is 15. The number of para-hydroxylation sites is 4. The largest absolute Gasteiger partial charge is 0.487 e. The SMILES string of the molecule is CCCCCCCCCCCCC1(OCC(=O)OCC)COc2ccccc2OCCOCCOc2ccccc2OC1. The molecule has 2 aromatic rings. The van der Waals surface area contributed by atoms with Crippen LogP contribution in [-0.4, -0.2) is 64.4 Å². The van der Waals surface area contributed by atoms with Crippen LogP contribution in [-0.2, 0) is 19.0 Å². The van der Waals surface area contributed by atoms with Crippen molar-refractivity contribution < 1.29 is 38.0 Å². The van der Waals surface area contributed by atoms with Crippen LogP contribution >= 0.6 is 0 Å². The number of carbonyl (C=O) groups is 1. The average Bonchev–Trinajstić information content (AvgIpc) is 3.02. The van der Waals surface area contributed by atoms with Gasteiger partial charge in [-0.25, -0.2) is 4.79 Å². The molecule has 0 bridgehead atoms. The summed E-state index contributed by atoms with van der Waals surface area (Å²) in [5, 5.41) is 0. The molecule has 0 saturated carbocycles. The maximum absolute atomic E-state index is 12.4. The average molecular weight is 601 g/mol. The molecule has 43 heavy (non-hydrogen) atoms. The highest BCUT2D eigenvalue weighted by Crippen LogP contribution is 2.32. The van der Waals surface area contributed by atoms with Crippen LogP contribution in [0.4, 0.5) is 0 Å². The lowest BCUT2D eigenvalue weighted by Crippen LogP contribution is -2.46. The molecule has 0 atom stereocenters. The zero-order valence-corrected chi connectivity index (χ0v) is 26.3. The van der Waals surface area contributed by atoms with Crippen LogP contribution in [0.5, 0.6) is 23.0 Å². The first-order valence-electron chi connectivity index (χ1n) is 16.2. The minimum absolute atomic E-state index is 0.170. The third-order valence-corrected chi connectivity index (χ3v) is 7.44. The molecule has 0 fully saturated rings. The second-order valence-corrected chi connectivity index (χ2v) is 11.0. The standard InChI is InChI=1S/C35H52O8/c1-3-5-6-7-8-9-10-11-12-17-22-35(43-27-34(36)38-4-2)28-41-32-20-15-13-18-30(32)39-25-23-37-24-26-40-31-19-14-16-21-33(31)42-29-35/h13-16,18-21H,3-12,17,22-29H2,1-2H3. The molecule has 0 aromatic heterocycles. The van der Waals surface area contributed by atoms with Gasteiger partial charge in [0.2, 0.25) is 0 Å². The van der Waals surface area contributed by atoms with Crippen molar-refractivity contribution >= 4 is 5.97 Å². The third-order valence-electron chi connectivity index (χ3n) is 7.44. The van der Waals surface area contributed by atoms with Gasteiger partial charge in [0.25, 0.3) is 0 Å². The Morgan fingerprint density at radius 2 is 1.12 bits per heavy atom. The van der Waals surface area contributed by atoms with Crippen LogP contribution in [0.3, 0.4) is 0 Å². The van der Waals surface area contributed by atoms with Gasteiger partial charge in [-0.1, -0.05) is 95.4 Å². The number of unbranched alkanes of at least 4 members (excludes halogenated alkanes) is 9. The number of hydrogen-bond donors (Lipinski definition) is 0. The van der Waals surface area contributed by atoms with E-state index in [-0.39, 0.29) is 19.8 Å². The Morgan fingerprint density at radius 3 is 1.60 bits per heavy atom. The summed E-state index contributed by atoms with van der Waals surface area (Å²) in [7, 11) is 0. The molecular formula is C35H52O8. The van der Waals surface area contributed by atoms with Crippen LogP contribution in [0.2, 0.25) is 0 Å². The molecule has 8 nitrogen and oxygen atoms in total. The Labute approximate surface area is 258 Å². The molecule has 0 N–H and O–H groups in total. The number of fused-ring (bicyclic) bond motifs is 2. The van der Waals surface area contributed by atoms with Crippen LogP contribution < -0.4 is 18.9 Å². The van der Waals surface area contributed by atoms with E-state index in [2.05, 4.69) is 6.92 Å². The lowest BCUT2D eigenvalue weighted by Gasteiger charge is -2.34. The molecule has 0 unspecified atom stereocenters. The van der Waals surface area contributed by atoms with E-state index >= 15 is 0 Å². The Kier molecular flexibility index (Phi) is 16.7. The lowest BCUT2D eigenvalue weighted by molar-refractivity contribution is -0.162. The number of hydrogen-bond acceptors (Lipinski definition) is 8. The lowest BCUT2D eigenvalue weighted by atomic mass is 9.96. The molecule has 0 spiro atoms. The Hall–Kier alpha value is -2.97. The van der Waals surface area contributed by atoms with E-state index in [1.807, 2.05) is 48.5 Å². The highest BCUT2D eigenvalue weighted by atomic mass is 16.6. The summed E-state index contributed by atoms with van der Waals surface area (Å²) in [5.41, 5.74) is -0.909. The van der Waals surface area contributed by atoms with Crippen molar-refractivity contribution in [3.8, 4) is 23.0 Å². The van der Waals surface area contributed by atoms with E-state index in [1.54, 1.807) is 6.92 Å². The van der Waals surface area contributed by atoms with Gasteiger partial charge in [0, 0.05) is 0 Å². The number of ether oxygens (including phenoxy) is 7. The fourth-order valence-electron chi connectivity index (χ4n) is 5.01. The van der Waals surface area contributed by atoms with Crippen molar-refractivity contribution in [3.63, 3.8) is 0 Å². The fourth-order valence-corrected chi connectivity index (χ4v) is 5.01. The predicted molar refractivity (Wildman–Crippen MR) is 167 cm³/mol. The first kappa shape index (κ1) is 34.5. The molecule has 1 aliphatic rings. The first-order valence-corrected chi connectivity index (χ1v) is 16.2. The maximum Gasteiger partial charge on any atom is 0.332 e. The van der Waals surface area contributed by atoms with Crippen molar-refractivity contribution in [2.45, 2.75) is 90.1 Å². The Bertz CT molecular complexity index is 971. The summed E-state index contributed by atoms with van der Waals surface area (Å²) in [6.07, 6.45) is 12.9. The molecule has 1 heterocycles. The van der Waals surface area contributed by atoms with Gasteiger partial charge in [-0.05, 0) is 37.6 Å². The van der Waals surface area contributed by atoms with Crippen LogP contribution in [0.15, 0.2) is 48.5 Å². The molecule has 240 valence electrons. The molecule has 0 radical (unpaired) electrons. The first-order chi connectivity index (χ1) is 21.2. The topological polar surface area (TPSA) is 81.7 Å². The van der Waals surface area contributed by atoms with Gasteiger partial charge >= 0.3 is 5.97 Å². The van der Waals surface area contributed by atoms with Crippen LogP contribution in [0.25, 0.3) is 0 Å². The monoisotopic (exact) mass is 600 g/mol. The number of benzene rings is 2. The molecule has 0 amide bonds. The maximum atomic E-state index is 12.4. The highest BCUT2D eigenvalue weighted by Gasteiger charge is 2.35. The van der Waals surface area contributed by atoms with Gasteiger partial charge in [0.1, 0.15) is 38.6 Å². The summed E-state index contributed by atoms with van der Waals surface area (Å²) in [4.78, 5) is 12.4. The van der Waals surface area contributed by atoms with E-state index in [4.69, 9.17) is 33.2 Å². The summed E-state index contributed by atoms with van der Waals surface area (Å²) in [6.45, 7) is 6.07. The molecule has 0 aliphatic carbocycles. The smallest absolute Gasteiger partial charge is 0.332 e. The second-order valence-electron chi connectivity index (χ2n) is 11.0. The fraction of sp³-hybridized carbons (Fsp3) is 0.629. The van der Waals surface area contributed by atoms with Gasteiger partial charge in [-0.15, -0.1) is 0 Å². The van der Waals surface area contributed by atoms with E-state index in [9.17, 15) is 4.79 Å². The summed E-state index contributed by atoms with van der Waals surface area (Å²) in [6, 6.07) is 15.1. The van der Waals surface area contributed by atoms with Gasteiger partial charge < -0.3 is 33.2 Å². The van der Waals surface area contributed by atoms with Crippen LogP contribution in [0, 0.1) is 0 Å². The van der Waals surface area contributed by atoms with E-state index in [0.717, 1.165) is 12.8 Å². The minimum Gasteiger partial charge on any atom is -0.487 e. The Balaban J connectivity index is 1.75. The van der Waals surface area contributed by atoms with Crippen molar-refractivity contribution in [3.05, 3.63) is 48.5 Å². The van der Waals surface area contributed by atoms with Crippen molar-refractivity contribution in [2.24, 2.45) is 0 Å². The normalized spacial score (nSPS) is 15.5. The second kappa shape index (κ2) is 20.9. The van der Waals surface area contributed by atoms with Crippen molar-refractivity contribution in [1.82, 2.24) is 0 Å². The highest BCUT2D eigenvalue weighted by molar-refractivity contribution is 5.70. The van der Waals surface area contributed by atoms with Gasteiger partial charge in [-0.2, -0.15) is 0 Å². The number of carbonyl (C=O) groups excluding carboxylic acids is 1. The molecule has 1 aliphatic heterocycles. The van der Waals surface area contributed by atoms with Crippen LogP contribution in [0.1, 0.15) is 84.5 Å². The van der Waals surface area contributed by atoms with Gasteiger partial charge in [0.05, 0.1) is 19.8 Å².